The van der Waals surface area contributed by atoms with E-state index < -0.39 is 0 Å². The summed E-state index contributed by atoms with van der Waals surface area (Å²) in [5, 5.41) is 6.86. The van der Waals surface area contributed by atoms with E-state index in [0.717, 1.165) is 32.4 Å². The molecule has 0 aromatic carbocycles. The van der Waals surface area contributed by atoms with Gasteiger partial charge in [0.15, 0.2) is 0 Å². The van der Waals surface area contributed by atoms with Crippen LogP contribution in [0.2, 0.25) is 0 Å². The van der Waals surface area contributed by atoms with E-state index >= 15 is 0 Å². The van der Waals surface area contributed by atoms with Crippen LogP contribution in [0.15, 0.2) is 12.4 Å². The molecule has 1 atom stereocenters. The number of piperidine rings is 1. The van der Waals surface area contributed by atoms with Gasteiger partial charge in [-0.15, -0.1) is 0 Å². The van der Waals surface area contributed by atoms with Crippen LogP contribution in [0.25, 0.3) is 0 Å². The Bertz CT molecular complexity index is 483. The lowest BCUT2D eigenvalue weighted by Crippen LogP contribution is -2.40. The van der Waals surface area contributed by atoms with Gasteiger partial charge in [-0.3, -0.25) is 14.3 Å². The highest BCUT2D eigenvalue weighted by atomic mass is 16.2. The van der Waals surface area contributed by atoms with E-state index in [9.17, 15) is 9.59 Å². The Morgan fingerprint density at radius 2 is 2.30 bits per heavy atom. The van der Waals surface area contributed by atoms with Crippen LogP contribution < -0.4 is 5.32 Å². The fourth-order valence-corrected chi connectivity index (χ4v) is 2.65. The van der Waals surface area contributed by atoms with E-state index in [1.165, 1.54) is 6.92 Å². The van der Waals surface area contributed by atoms with Crippen molar-refractivity contribution in [3.8, 4) is 0 Å². The third-order valence-electron chi connectivity index (χ3n) is 3.68. The van der Waals surface area contributed by atoms with Gasteiger partial charge in [0.25, 0.3) is 5.91 Å². The van der Waals surface area contributed by atoms with Gasteiger partial charge in [0.1, 0.15) is 0 Å². The molecule has 1 aliphatic rings. The summed E-state index contributed by atoms with van der Waals surface area (Å²) in [5.74, 6) is 0.530. The number of amides is 2. The summed E-state index contributed by atoms with van der Waals surface area (Å²) in [7, 11) is 1.81. The van der Waals surface area contributed by atoms with E-state index in [0.29, 0.717) is 18.0 Å². The Morgan fingerprint density at radius 3 is 2.95 bits per heavy atom. The Morgan fingerprint density at radius 1 is 1.50 bits per heavy atom. The molecule has 1 aromatic heterocycles. The van der Waals surface area contributed by atoms with Gasteiger partial charge in [-0.2, -0.15) is 5.10 Å². The largest absolute Gasteiger partial charge is 0.356 e. The third-order valence-corrected chi connectivity index (χ3v) is 3.68. The van der Waals surface area contributed by atoms with Gasteiger partial charge in [-0.05, 0) is 25.2 Å². The Labute approximate surface area is 119 Å². The van der Waals surface area contributed by atoms with Crippen molar-refractivity contribution in [3.63, 3.8) is 0 Å². The number of likely N-dealkylation sites (tertiary alicyclic amines) is 1. The van der Waals surface area contributed by atoms with Gasteiger partial charge in [0.2, 0.25) is 5.91 Å². The highest BCUT2D eigenvalue weighted by molar-refractivity contribution is 5.93. The summed E-state index contributed by atoms with van der Waals surface area (Å²) in [6.45, 7) is 3.80. The van der Waals surface area contributed by atoms with Crippen molar-refractivity contribution < 1.29 is 9.59 Å². The number of nitrogens with zero attached hydrogens (tertiary/aromatic N) is 3. The smallest absolute Gasteiger partial charge is 0.257 e. The predicted molar refractivity (Wildman–Crippen MR) is 75.1 cm³/mol. The van der Waals surface area contributed by atoms with Crippen LogP contribution >= 0.6 is 0 Å². The molecule has 0 saturated carbocycles. The van der Waals surface area contributed by atoms with Crippen molar-refractivity contribution in [3.05, 3.63) is 18.0 Å². The first-order chi connectivity index (χ1) is 9.56. The van der Waals surface area contributed by atoms with Crippen LogP contribution in [-0.2, 0) is 11.8 Å². The fourth-order valence-electron chi connectivity index (χ4n) is 2.65. The number of nitrogens with one attached hydrogen (secondary N) is 1. The van der Waals surface area contributed by atoms with E-state index in [4.69, 9.17) is 0 Å². The van der Waals surface area contributed by atoms with Crippen LogP contribution in [0.5, 0.6) is 0 Å². The van der Waals surface area contributed by atoms with Crippen molar-refractivity contribution in [1.29, 1.82) is 0 Å². The highest BCUT2D eigenvalue weighted by Crippen LogP contribution is 2.20. The molecule has 1 aliphatic heterocycles. The molecule has 110 valence electrons. The van der Waals surface area contributed by atoms with Gasteiger partial charge in [-0.1, -0.05) is 0 Å². The number of aromatic nitrogens is 2. The van der Waals surface area contributed by atoms with Gasteiger partial charge >= 0.3 is 0 Å². The second-order valence-electron chi connectivity index (χ2n) is 5.43. The molecule has 0 aliphatic carbocycles. The first-order valence-electron chi connectivity index (χ1n) is 7.08. The lowest BCUT2D eigenvalue weighted by atomic mass is 9.94. The summed E-state index contributed by atoms with van der Waals surface area (Å²) in [4.78, 5) is 25.1. The fraction of sp³-hybridized carbons (Fsp3) is 0.643. The minimum absolute atomic E-state index is 0.00380. The zero-order chi connectivity index (χ0) is 14.5. The van der Waals surface area contributed by atoms with Crippen molar-refractivity contribution in [1.82, 2.24) is 20.0 Å². The maximum absolute atomic E-state index is 12.3. The molecule has 0 radical (unpaired) electrons. The van der Waals surface area contributed by atoms with Crippen molar-refractivity contribution in [2.24, 2.45) is 13.0 Å². The van der Waals surface area contributed by atoms with Crippen LogP contribution in [-0.4, -0.2) is 46.1 Å². The number of hydrogen-bond donors (Lipinski definition) is 1. The molecule has 20 heavy (non-hydrogen) atoms. The van der Waals surface area contributed by atoms with Crippen molar-refractivity contribution in [2.45, 2.75) is 26.2 Å². The summed E-state index contributed by atoms with van der Waals surface area (Å²) in [6.07, 6.45) is 6.44. The molecule has 1 N–H and O–H groups in total. The Balaban J connectivity index is 1.86. The monoisotopic (exact) mass is 278 g/mol. The molecule has 0 spiro atoms. The van der Waals surface area contributed by atoms with Crippen LogP contribution in [0, 0.1) is 5.92 Å². The van der Waals surface area contributed by atoms with Crippen LogP contribution in [0.3, 0.4) is 0 Å². The average molecular weight is 278 g/mol. The number of carbonyl (C=O) groups excluding carboxylic acids is 2. The maximum atomic E-state index is 12.3. The molecule has 2 rings (SSSR count). The molecule has 6 nitrogen and oxygen atoms in total. The molecule has 1 saturated heterocycles. The predicted octanol–water partition coefficient (Wildman–Crippen LogP) is 0.798. The Hall–Kier alpha value is -1.85. The molecule has 1 aromatic rings. The normalized spacial score (nSPS) is 18.9. The van der Waals surface area contributed by atoms with E-state index in [1.807, 2.05) is 11.9 Å². The first-order valence-corrected chi connectivity index (χ1v) is 7.08. The van der Waals surface area contributed by atoms with Gasteiger partial charge in [0, 0.05) is 39.8 Å². The highest BCUT2D eigenvalue weighted by Gasteiger charge is 2.24. The minimum atomic E-state index is 0.00380. The minimum Gasteiger partial charge on any atom is -0.356 e. The SMILES string of the molecule is CC(=O)NCCC1CCCN(C(=O)c2cnn(C)c2)C1. The quantitative estimate of drug-likeness (QED) is 0.886. The van der Waals surface area contributed by atoms with Crippen LogP contribution in [0.1, 0.15) is 36.5 Å². The topological polar surface area (TPSA) is 67.2 Å². The third kappa shape index (κ3) is 3.82. The zero-order valence-corrected chi connectivity index (χ0v) is 12.1. The molecule has 6 heteroatoms. The van der Waals surface area contributed by atoms with Crippen molar-refractivity contribution >= 4 is 11.8 Å². The van der Waals surface area contributed by atoms with Gasteiger partial charge in [-0.25, -0.2) is 0 Å². The summed E-state index contributed by atoms with van der Waals surface area (Å²) < 4.78 is 1.64. The van der Waals surface area contributed by atoms with E-state index in [2.05, 4.69) is 10.4 Å². The molecule has 2 amide bonds. The number of rotatable bonds is 4. The zero-order valence-electron chi connectivity index (χ0n) is 12.1. The molecule has 0 bridgehead atoms. The van der Waals surface area contributed by atoms with Gasteiger partial charge < -0.3 is 10.2 Å². The molecular formula is C14H22N4O2. The van der Waals surface area contributed by atoms with E-state index in [1.54, 1.807) is 17.1 Å². The number of carbonyl (C=O) groups is 2. The lowest BCUT2D eigenvalue weighted by molar-refractivity contribution is -0.119. The first kappa shape index (κ1) is 14.6. The second kappa shape index (κ2) is 6.54. The summed E-state index contributed by atoms with van der Waals surface area (Å²) in [5.41, 5.74) is 0.648. The summed E-state index contributed by atoms with van der Waals surface area (Å²) >= 11 is 0. The number of aryl methyl sites for hydroxylation is 1. The van der Waals surface area contributed by atoms with Gasteiger partial charge in [0.05, 0.1) is 11.8 Å². The molecule has 1 unspecified atom stereocenters. The van der Waals surface area contributed by atoms with E-state index in [-0.39, 0.29) is 11.8 Å². The average Bonchev–Trinajstić information content (AvgIpc) is 2.84. The molecule has 1 fully saturated rings. The second-order valence-corrected chi connectivity index (χ2v) is 5.43. The lowest BCUT2D eigenvalue weighted by Gasteiger charge is -2.32. The summed E-state index contributed by atoms with van der Waals surface area (Å²) in [6, 6.07) is 0. The molecular weight excluding hydrogens is 256 g/mol. The van der Waals surface area contributed by atoms with Crippen LogP contribution in [0.4, 0.5) is 0 Å². The number of hydrogen-bond acceptors (Lipinski definition) is 3. The maximum Gasteiger partial charge on any atom is 0.257 e. The molecule has 2 heterocycles. The standard InChI is InChI=1S/C14H22N4O2/c1-11(19)15-6-5-12-4-3-7-18(9-12)14(20)13-8-16-17(2)10-13/h8,10,12H,3-7,9H2,1-2H3,(H,15,19). The Kier molecular flexibility index (Phi) is 4.76. The van der Waals surface area contributed by atoms with Crippen molar-refractivity contribution in [2.75, 3.05) is 19.6 Å².